The summed E-state index contributed by atoms with van der Waals surface area (Å²) < 4.78 is 10.5. The van der Waals surface area contributed by atoms with Crippen LogP contribution in [-0.2, 0) is 9.59 Å². The summed E-state index contributed by atoms with van der Waals surface area (Å²) in [5, 5.41) is 8.43. The lowest BCUT2D eigenvalue weighted by Gasteiger charge is -2.07. The molecule has 0 bridgehead atoms. The Hall–Kier alpha value is -3.61. The van der Waals surface area contributed by atoms with Crippen LogP contribution in [0.1, 0.15) is 5.76 Å². The molecule has 0 radical (unpaired) electrons. The number of nitrogens with one attached hydrogen (secondary N) is 2. The predicted octanol–water partition coefficient (Wildman–Crippen LogP) is 3.35. The fourth-order valence-electron chi connectivity index (χ4n) is 2.02. The van der Waals surface area contributed by atoms with Gasteiger partial charge >= 0.3 is 11.8 Å². The number of amides is 2. The van der Waals surface area contributed by atoms with E-state index in [0.717, 1.165) is 0 Å². The average Bonchev–Trinajstić information content (AvgIpc) is 3.02. The molecule has 0 atom stereocenters. The molecule has 2 amide bonds. The van der Waals surface area contributed by atoms with Crippen molar-refractivity contribution in [1.29, 1.82) is 0 Å². The molecule has 0 unspecified atom stereocenters. The second-order valence-electron chi connectivity index (χ2n) is 5.17. The highest BCUT2D eigenvalue weighted by Crippen LogP contribution is 2.22. The van der Waals surface area contributed by atoms with Crippen molar-refractivity contribution >= 4 is 23.3 Å². The van der Waals surface area contributed by atoms with Crippen molar-refractivity contribution in [2.45, 2.75) is 6.92 Å². The third kappa shape index (κ3) is 4.44. The lowest BCUT2D eigenvalue weighted by molar-refractivity contribution is -0.133. The van der Waals surface area contributed by atoms with Gasteiger partial charge in [-0.1, -0.05) is 23.4 Å². The van der Waals surface area contributed by atoms with Crippen LogP contribution in [0, 0.1) is 6.92 Å². The molecule has 0 aliphatic heterocycles. The molecule has 0 aliphatic carbocycles. The van der Waals surface area contributed by atoms with E-state index in [1.165, 1.54) is 6.07 Å². The van der Waals surface area contributed by atoms with Gasteiger partial charge in [0.05, 0.1) is 0 Å². The molecule has 1 heterocycles. The standard InChI is InChI=1S/C18H15N3O4/c1-12-11-16(21-25-12)20-18(23)17(22)19-13-7-9-15(10-8-13)24-14-5-3-2-4-6-14/h2-11H,1H3,(H,19,22)(H,20,21,23). The fraction of sp³-hybridized carbons (Fsp3) is 0.0556. The van der Waals surface area contributed by atoms with Crippen molar-refractivity contribution in [1.82, 2.24) is 5.16 Å². The van der Waals surface area contributed by atoms with Gasteiger partial charge in [-0.15, -0.1) is 0 Å². The highest BCUT2D eigenvalue weighted by atomic mass is 16.5. The van der Waals surface area contributed by atoms with Crippen LogP contribution in [0.25, 0.3) is 0 Å². The minimum absolute atomic E-state index is 0.184. The maximum atomic E-state index is 11.9. The number of aromatic nitrogens is 1. The van der Waals surface area contributed by atoms with E-state index in [1.807, 2.05) is 30.3 Å². The van der Waals surface area contributed by atoms with E-state index in [0.29, 0.717) is 22.9 Å². The summed E-state index contributed by atoms with van der Waals surface area (Å²) in [4.78, 5) is 23.7. The van der Waals surface area contributed by atoms with Crippen molar-refractivity contribution in [2.75, 3.05) is 10.6 Å². The van der Waals surface area contributed by atoms with Crippen molar-refractivity contribution in [3.05, 3.63) is 66.4 Å². The summed E-state index contributed by atoms with van der Waals surface area (Å²) in [6.45, 7) is 1.68. The first-order valence-corrected chi connectivity index (χ1v) is 7.49. The number of rotatable bonds is 4. The Balaban J connectivity index is 1.57. The van der Waals surface area contributed by atoms with Crippen LogP contribution in [0.15, 0.2) is 65.2 Å². The summed E-state index contributed by atoms with van der Waals surface area (Å²) in [5.41, 5.74) is 0.469. The van der Waals surface area contributed by atoms with Gasteiger partial charge in [0.2, 0.25) is 0 Å². The highest BCUT2D eigenvalue weighted by Gasteiger charge is 2.15. The van der Waals surface area contributed by atoms with Gasteiger partial charge in [-0.05, 0) is 43.3 Å². The van der Waals surface area contributed by atoms with Crippen LogP contribution in [0.3, 0.4) is 0 Å². The van der Waals surface area contributed by atoms with Crippen molar-refractivity contribution in [2.24, 2.45) is 0 Å². The highest BCUT2D eigenvalue weighted by molar-refractivity contribution is 6.43. The Labute approximate surface area is 143 Å². The molecular formula is C18H15N3O4. The number of hydrogen-bond acceptors (Lipinski definition) is 5. The van der Waals surface area contributed by atoms with Gasteiger partial charge < -0.3 is 14.6 Å². The molecule has 2 N–H and O–H groups in total. The summed E-state index contributed by atoms with van der Waals surface area (Å²) in [6.07, 6.45) is 0. The summed E-state index contributed by atoms with van der Waals surface area (Å²) in [7, 11) is 0. The molecule has 1 aromatic heterocycles. The quantitative estimate of drug-likeness (QED) is 0.712. The van der Waals surface area contributed by atoms with Crippen LogP contribution in [0.4, 0.5) is 11.5 Å². The molecule has 0 aliphatic rings. The number of anilines is 2. The largest absolute Gasteiger partial charge is 0.457 e. The smallest absolute Gasteiger partial charge is 0.315 e. The molecule has 0 saturated carbocycles. The third-order valence-electron chi connectivity index (χ3n) is 3.17. The molecule has 2 aromatic carbocycles. The lowest BCUT2D eigenvalue weighted by Crippen LogP contribution is -2.29. The molecule has 0 fully saturated rings. The molecule has 0 spiro atoms. The van der Waals surface area contributed by atoms with E-state index >= 15 is 0 Å². The minimum Gasteiger partial charge on any atom is -0.457 e. The Kier molecular flexibility index (Phi) is 4.75. The van der Waals surface area contributed by atoms with Gasteiger partial charge in [-0.3, -0.25) is 14.9 Å². The lowest BCUT2D eigenvalue weighted by atomic mass is 10.3. The molecule has 25 heavy (non-hydrogen) atoms. The number of aryl methyl sites for hydroxylation is 1. The average molecular weight is 337 g/mol. The normalized spacial score (nSPS) is 10.1. The zero-order valence-electron chi connectivity index (χ0n) is 13.4. The topological polar surface area (TPSA) is 93.5 Å². The molecule has 0 saturated heterocycles. The number of carbonyl (C=O) groups excluding carboxylic acids is 2. The fourth-order valence-corrected chi connectivity index (χ4v) is 2.02. The van der Waals surface area contributed by atoms with Gasteiger partial charge in [0, 0.05) is 11.8 Å². The number of benzene rings is 2. The molecule has 3 rings (SSSR count). The number of ether oxygens (including phenoxy) is 1. The van der Waals surface area contributed by atoms with Gasteiger partial charge in [0.1, 0.15) is 17.3 Å². The second kappa shape index (κ2) is 7.31. The first-order chi connectivity index (χ1) is 12.1. The Morgan fingerprint density at radius 1 is 0.920 bits per heavy atom. The monoisotopic (exact) mass is 337 g/mol. The van der Waals surface area contributed by atoms with Gasteiger partial charge in [0.25, 0.3) is 0 Å². The van der Waals surface area contributed by atoms with Crippen molar-refractivity contribution in [3.63, 3.8) is 0 Å². The van der Waals surface area contributed by atoms with E-state index in [1.54, 1.807) is 31.2 Å². The van der Waals surface area contributed by atoms with Gasteiger partial charge in [-0.2, -0.15) is 0 Å². The zero-order chi connectivity index (χ0) is 17.6. The minimum atomic E-state index is -0.835. The first-order valence-electron chi connectivity index (χ1n) is 7.49. The third-order valence-corrected chi connectivity index (χ3v) is 3.17. The first kappa shape index (κ1) is 16.3. The summed E-state index contributed by atoms with van der Waals surface area (Å²) in [5.74, 6) is 0.401. The summed E-state index contributed by atoms with van der Waals surface area (Å²) in [6, 6.07) is 17.5. The van der Waals surface area contributed by atoms with E-state index in [2.05, 4.69) is 15.8 Å². The number of nitrogens with zero attached hydrogens (tertiary/aromatic N) is 1. The summed E-state index contributed by atoms with van der Waals surface area (Å²) >= 11 is 0. The maximum Gasteiger partial charge on any atom is 0.315 e. The molecule has 7 nitrogen and oxygen atoms in total. The van der Waals surface area contributed by atoms with Crippen LogP contribution >= 0.6 is 0 Å². The second-order valence-corrected chi connectivity index (χ2v) is 5.17. The Bertz CT molecular complexity index is 873. The van der Waals surface area contributed by atoms with E-state index in [-0.39, 0.29) is 5.82 Å². The predicted molar refractivity (Wildman–Crippen MR) is 91.5 cm³/mol. The van der Waals surface area contributed by atoms with Crippen LogP contribution in [0.5, 0.6) is 11.5 Å². The number of carbonyl (C=O) groups is 2. The number of para-hydroxylation sites is 1. The Morgan fingerprint density at radius 2 is 1.56 bits per heavy atom. The van der Waals surface area contributed by atoms with E-state index in [9.17, 15) is 9.59 Å². The molecule has 3 aromatic rings. The van der Waals surface area contributed by atoms with Crippen LogP contribution < -0.4 is 15.4 Å². The SMILES string of the molecule is Cc1cc(NC(=O)C(=O)Nc2ccc(Oc3ccccc3)cc2)no1. The van der Waals surface area contributed by atoms with E-state index in [4.69, 9.17) is 9.26 Å². The molecule has 126 valence electrons. The van der Waals surface area contributed by atoms with Gasteiger partial charge in [0.15, 0.2) is 5.82 Å². The number of hydrogen-bond donors (Lipinski definition) is 2. The van der Waals surface area contributed by atoms with Crippen LogP contribution in [0.2, 0.25) is 0 Å². The molecular weight excluding hydrogens is 322 g/mol. The van der Waals surface area contributed by atoms with Gasteiger partial charge in [-0.25, -0.2) is 0 Å². The molecule has 7 heteroatoms. The Morgan fingerprint density at radius 3 is 2.20 bits per heavy atom. The van der Waals surface area contributed by atoms with Crippen molar-refractivity contribution < 1.29 is 18.8 Å². The zero-order valence-corrected chi connectivity index (χ0v) is 13.4. The van der Waals surface area contributed by atoms with Crippen LogP contribution in [-0.4, -0.2) is 17.0 Å². The van der Waals surface area contributed by atoms with E-state index < -0.39 is 11.8 Å². The maximum absolute atomic E-state index is 11.9. The van der Waals surface area contributed by atoms with Crippen molar-refractivity contribution in [3.8, 4) is 11.5 Å².